The van der Waals surface area contributed by atoms with Gasteiger partial charge in [-0.1, -0.05) is 30.3 Å². The largest absolute Gasteiger partial charge is 0.504 e. The lowest BCUT2D eigenvalue weighted by molar-refractivity contribution is 0.0147. The molecule has 2 nitrogen and oxygen atoms in total. The van der Waals surface area contributed by atoms with Gasteiger partial charge in [-0.2, -0.15) is 0 Å². The molecule has 0 bridgehead atoms. The lowest BCUT2D eigenvalue weighted by Crippen LogP contribution is -2.24. The molecule has 0 amide bonds. The van der Waals surface area contributed by atoms with Gasteiger partial charge in [0.2, 0.25) is 0 Å². The first-order valence-corrected chi connectivity index (χ1v) is 5.24. The third-order valence-corrected chi connectivity index (χ3v) is 2.59. The molecule has 1 aliphatic carbocycles. The normalized spacial score (nSPS) is 19.5. The summed E-state index contributed by atoms with van der Waals surface area (Å²) < 4.78 is 10.7. The van der Waals surface area contributed by atoms with Crippen LogP contribution in [0, 0.1) is 0 Å². The SMILES string of the molecule is COC=C1CC(OCc2ccccc2)C1. The van der Waals surface area contributed by atoms with Crippen LogP contribution >= 0.6 is 0 Å². The number of hydrogen-bond acceptors (Lipinski definition) is 2. The van der Waals surface area contributed by atoms with Crippen LogP contribution in [0.1, 0.15) is 18.4 Å². The zero-order chi connectivity index (χ0) is 10.5. The van der Waals surface area contributed by atoms with E-state index in [1.54, 1.807) is 7.11 Å². The Kier molecular flexibility index (Phi) is 3.41. The third kappa shape index (κ3) is 2.83. The van der Waals surface area contributed by atoms with Crippen LogP contribution in [0.3, 0.4) is 0 Å². The van der Waals surface area contributed by atoms with Crippen LogP contribution in [0.2, 0.25) is 0 Å². The fourth-order valence-corrected chi connectivity index (χ4v) is 1.69. The minimum absolute atomic E-state index is 0.381. The first-order valence-electron chi connectivity index (χ1n) is 5.24. The summed E-state index contributed by atoms with van der Waals surface area (Å²) in [6, 6.07) is 10.3. The molecule has 1 saturated carbocycles. The molecule has 2 heteroatoms. The van der Waals surface area contributed by atoms with Gasteiger partial charge in [0.15, 0.2) is 0 Å². The highest BCUT2D eigenvalue weighted by Crippen LogP contribution is 2.29. The van der Waals surface area contributed by atoms with Gasteiger partial charge in [-0.05, 0) is 24.0 Å². The van der Waals surface area contributed by atoms with Gasteiger partial charge in [0.1, 0.15) is 0 Å². The highest BCUT2D eigenvalue weighted by atomic mass is 16.5. The Morgan fingerprint density at radius 3 is 2.67 bits per heavy atom. The standard InChI is InChI=1S/C13H16O2/c1-14-9-12-7-13(8-12)15-10-11-5-3-2-4-6-11/h2-6,9,13H,7-8,10H2,1H3. The van der Waals surface area contributed by atoms with E-state index in [2.05, 4.69) is 12.1 Å². The number of methoxy groups -OCH3 is 1. The molecule has 0 spiro atoms. The Bertz CT molecular complexity index is 322. The highest BCUT2D eigenvalue weighted by Gasteiger charge is 2.23. The predicted octanol–water partition coefficient (Wildman–Crippen LogP) is 2.90. The average molecular weight is 204 g/mol. The van der Waals surface area contributed by atoms with Gasteiger partial charge in [0.05, 0.1) is 26.1 Å². The minimum Gasteiger partial charge on any atom is -0.504 e. The summed E-state index contributed by atoms with van der Waals surface area (Å²) in [6.45, 7) is 0.714. The summed E-state index contributed by atoms with van der Waals surface area (Å²) in [5.74, 6) is 0. The Balaban J connectivity index is 1.71. The molecule has 2 rings (SSSR count). The van der Waals surface area contributed by atoms with E-state index in [1.807, 2.05) is 24.5 Å². The van der Waals surface area contributed by atoms with Gasteiger partial charge in [0, 0.05) is 0 Å². The molecule has 80 valence electrons. The van der Waals surface area contributed by atoms with Crippen molar-refractivity contribution in [1.82, 2.24) is 0 Å². The van der Waals surface area contributed by atoms with E-state index in [0.717, 1.165) is 12.8 Å². The molecule has 15 heavy (non-hydrogen) atoms. The second-order valence-corrected chi connectivity index (χ2v) is 3.84. The Labute approximate surface area is 90.5 Å². The molecule has 1 fully saturated rings. The quantitative estimate of drug-likeness (QED) is 0.702. The Hall–Kier alpha value is -1.28. The van der Waals surface area contributed by atoms with Crippen molar-refractivity contribution in [2.24, 2.45) is 0 Å². The van der Waals surface area contributed by atoms with Gasteiger partial charge in [-0.3, -0.25) is 0 Å². The highest BCUT2D eigenvalue weighted by molar-refractivity contribution is 5.15. The fraction of sp³-hybridized carbons (Fsp3) is 0.385. The van der Waals surface area contributed by atoms with Crippen molar-refractivity contribution < 1.29 is 9.47 Å². The van der Waals surface area contributed by atoms with E-state index in [1.165, 1.54) is 11.1 Å². The van der Waals surface area contributed by atoms with Crippen molar-refractivity contribution in [2.45, 2.75) is 25.6 Å². The van der Waals surface area contributed by atoms with Crippen molar-refractivity contribution in [2.75, 3.05) is 7.11 Å². The van der Waals surface area contributed by atoms with E-state index < -0.39 is 0 Å². The summed E-state index contributed by atoms with van der Waals surface area (Å²) in [6.07, 6.45) is 4.23. The van der Waals surface area contributed by atoms with Crippen LogP contribution < -0.4 is 0 Å². The number of hydrogen-bond donors (Lipinski definition) is 0. The zero-order valence-electron chi connectivity index (χ0n) is 8.98. The third-order valence-electron chi connectivity index (χ3n) is 2.59. The van der Waals surface area contributed by atoms with Crippen molar-refractivity contribution in [3.8, 4) is 0 Å². The average Bonchev–Trinajstić information content (AvgIpc) is 2.23. The van der Waals surface area contributed by atoms with Crippen LogP contribution in [0.25, 0.3) is 0 Å². The molecule has 0 heterocycles. The fourth-order valence-electron chi connectivity index (χ4n) is 1.69. The van der Waals surface area contributed by atoms with Crippen LogP contribution in [0.4, 0.5) is 0 Å². The Morgan fingerprint density at radius 1 is 1.27 bits per heavy atom. The van der Waals surface area contributed by atoms with Gasteiger partial charge in [-0.25, -0.2) is 0 Å². The van der Waals surface area contributed by atoms with E-state index in [4.69, 9.17) is 9.47 Å². The molecular formula is C13H16O2. The maximum atomic E-state index is 5.74. The van der Waals surface area contributed by atoms with Crippen molar-refractivity contribution >= 4 is 0 Å². The molecule has 0 atom stereocenters. The smallest absolute Gasteiger partial charge is 0.0818 e. The van der Waals surface area contributed by atoms with E-state index in [0.29, 0.717) is 12.7 Å². The van der Waals surface area contributed by atoms with E-state index >= 15 is 0 Å². The second kappa shape index (κ2) is 4.99. The summed E-state index contributed by atoms with van der Waals surface area (Å²) in [4.78, 5) is 0. The molecule has 0 aromatic heterocycles. The molecule has 0 N–H and O–H groups in total. The molecule has 0 aliphatic heterocycles. The van der Waals surface area contributed by atoms with E-state index in [-0.39, 0.29) is 0 Å². The first kappa shape index (κ1) is 10.2. The zero-order valence-corrected chi connectivity index (χ0v) is 8.98. The molecule has 0 saturated heterocycles. The van der Waals surface area contributed by atoms with Gasteiger partial charge in [0.25, 0.3) is 0 Å². The van der Waals surface area contributed by atoms with Crippen molar-refractivity contribution in [1.29, 1.82) is 0 Å². The lowest BCUT2D eigenvalue weighted by atomic mass is 9.90. The number of ether oxygens (including phenoxy) is 2. The summed E-state index contributed by atoms with van der Waals surface area (Å²) in [5, 5.41) is 0. The van der Waals surface area contributed by atoms with E-state index in [9.17, 15) is 0 Å². The lowest BCUT2D eigenvalue weighted by Gasteiger charge is -2.28. The Morgan fingerprint density at radius 2 is 2.00 bits per heavy atom. The maximum Gasteiger partial charge on any atom is 0.0818 e. The molecular weight excluding hydrogens is 188 g/mol. The monoisotopic (exact) mass is 204 g/mol. The van der Waals surface area contributed by atoms with Crippen LogP contribution in [-0.2, 0) is 16.1 Å². The minimum atomic E-state index is 0.381. The van der Waals surface area contributed by atoms with Crippen LogP contribution in [0.5, 0.6) is 0 Å². The van der Waals surface area contributed by atoms with Gasteiger partial charge < -0.3 is 9.47 Å². The number of benzene rings is 1. The predicted molar refractivity (Wildman–Crippen MR) is 59.3 cm³/mol. The molecule has 1 aliphatic rings. The topological polar surface area (TPSA) is 18.5 Å². The molecule has 1 aromatic rings. The van der Waals surface area contributed by atoms with Crippen molar-refractivity contribution in [3.05, 3.63) is 47.7 Å². The molecule has 1 aromatic carbocycles. The summed E-state index contributed by atoms with van der Waals surface area (Å²) >= 11 is 0. The second-order valence-electron chi connectivity index (χ2n) is 3.84. The maximum absolute atomic E-state index is 5.74. The van der Waals surface area contributed by atoms with Crippen LogP contribution in [-0.4, -0.2) is 13.2 Å². The summed E-state index contributed by atoms with van der Waals surface area (Å²) in [7, 11) is 1.69. The number of rotatable bonds is 4. The molecule has 0 unspecified atom stereocenters. The first-order chi connectivity index (χ1) is 7.38. The summed E-state index contributed by atoms with van der Waals surface area (Å²) in [5.41, 5.74) is 2.58. The van der Waals surface area contributed by atoms with Gasteiger partial charge >= 0.3 is 0 Å². The van der Waals surface area contributed by atoms with Gasteiger partial charge in [-0.15, -0.1) is 0 Å². The van der Waals surface area contributed by atoms with Crippen LogP contribution in [0.15, 0.2) is 42.2 Å². The molecule has 0 radical (unpaired) electrons. The van der Waals surface area contributed by atoms with Crippen molar-refractivity contribution in [3.63, 3.8) is 0 Å².